The minimum absolute atomic E-state index is 0.493. The summed E-state index contributed by atoms with van der Waals surface area (Å²) in [4.78, 5) is 4.43. The van der Waals surface area contributed by atoms with Gasteiger partial charge in [0, 0.05) is 16.3 Å². The van der Waals surface area contributed by atoms with Crippen LogP contribution in [-0.2, 0) is 12.3 Å². The summed E-state index contributed by atoms with van der Waals surface area (Å²) in [5, 5.41) is 3.12. The van der Waals surface area contributed by atoms with Crippen molar-refractivity contribution in [3.8, 4) is 0 Å². The Hall–Kier alpha value is -0.380. The Bertz CT molecular complexity index is 455. The minimum atomic E-state index is 0.493. The molecule has 0 bridgehead atoms. The van der Waals surface area contributed by atoms with E-state index in [1.165, 1.54) is 5.56 Å². The van der Waals surface area contributed by atoms with Gasteiger partial charge < -0.3 is 0 Å². The third kappa shape index (κ3) is 2.80. The summed E-state index contributed by atoms with van der Waals surface area (Å²) in [7, 11) is 0. The molecule has 0 aliphatic rings. The highest BCUT2D eigenvalue weighted by Gasteiger charge is 2.04. The summed E-state index contributed by atoms with van der Waals surface area (Å²) in [5.74, 6) is 0.493. The van der Waals surface area contributed by atoms with Crippen LogP contribution in [0.15, 0.2) is 34.1 Å². The van der Waals surface area contributed by atoms with E-state index in [0.717, 1.165) is 21.6 Å². The molecule has 0 aliphatic carbocycles. The van der Waals surface area contributed by atoms with Crippen molar-refractivity contribution in [1.29, 1.82) is 0 Å². The van der Waals surface area contributed by atoms with Crippen molar-refractivity contribution >= 4 is 38.9 Å². The summed E-state index contributed by atoms with van der Waals surface area (Å²) in [5.41, 5.74) is 2.22. The number of halogens is 2. The average Bonchev–Trinajstić information content (AvgIpc) is 2.69. The molecule has 0 atom stereocenters. The van der Waals surface area contributed by atoms with Crippen LogP contribution in [0.3, 0.4) is 0 Å². The molecule has 0 N–H and O–H groups in total. The molecule has 2 aromatic rings. The third-order valence-electron chi connectivity index (χ3n) is 2.04. The molecule has 0 radical (unpaired) electrons. The van der Waals surface area contributed by atoms with Crippen LogP contribution in [-0.4, -0.2) is 4.98 Å². The fourth-order valence-corrected chi connectivity index (χ4v) is 2.77. The first kappa shape index (κ1) is 11.1. The van der Waals surface area contributed by atoms with E-state index in [9.17, 15) is 0 Å². The summed E-state index contributed by atoms with van der Waals surface area (Å²) >= 11 is 10.9. The predicted molar refractivity (Wildman–Crippen MR) is 68.6 cm³/mol. The van der Waals surface area contributed by atoms with E-state index >= 15 is 0 Å². The summed E-state index contributed by atoms with van der Waals surface area (Å²) < 4.78 is 1.13. The largest absolute Gasteiger partial charge is 0.245 e. The maximum absolute atomic E-state index is 5.71. The lowest BCUT2D eigenvalue weighted by Crippen LogP contribution is -1.89. The van der Waals surface area contributed by atoms with Crippen LogP contribution in [0.2, 0.25) is 0 Å². The van der Waals surface area contributed by atoms with Crippen LogP contribution in [0.1, 0.15) is 16.3 Å². The van der Waals surface area contributed by atoms with E-state index < -0.39 is 0 Å². The van der Waals surface area contributed by atoms with Gasteiger partial charge in [-0.1, -0.05) is 34.1 Å². The van der Waals surface area contributed by atoms with Crippen molar-refractivity contribution < 1.29 is 0 Å². The highest BCUT2D eigenvalue weighted by Crippen LogP contribution is 2.21. The molecule has 1 aromatic carbocycles. The Balaban J connectivity index is 2.18. The van der Waals surface area contributed by atoms with Gasteiger partial charge in [0.25, 0.3) is 0 Å². The summed E-state index contributed by atoms with van der Waals surface area (Å²) in [6.07, 6.45) is 0.864. The first-order valence-electron chi connectivity index (χ1n) is 4.52. The first-order valence-corrected chi connectivity index (χ1v) is 6.73. The van der Waals surface area contributed by atoms with Crippen LogP contribution < -0.4 is 0 Å². The maximum atomic E-state index is 5.71. The van der Waals surface area contributed by atoms with Gasteiger partial charge in [-0.15, -0.1) is 22.9 Å². The van der Waals surface area contributed by atoms with Crippen LogP contribution in [0.4, 0.5) is 0 Å². The van der Waals surface area contributed by atoms with Crippen molar-refractivity contribution in [2.75, 3.05) is 0 Å². The van der Waals surface area contributed by atoms with Crippen molar-refractivity contribution in [1.82, 2.24) is 4.98 Å². The number of benzene rings is 1. The second-order valence-corrected chi connectivity index (χ2v) is 5.20. The van der Waals surface area contributed by atoms with Crippen LogP contribution in [0.5, 0.6) is 0 Å². The molecular formula is C11H9BrClNS. The van der Waals surface area contributed by atoms with Gasteiger partial charge in [0.2, 0.25) is 0 Å². The second kappa shape index (κ2) is 5.10. The molecule has 0 saturated carbocycles. The molecule has 78 valence electrons. The van der Waals surface area contributed by atoms with E-state index in [4.69, 9.17) is 11.6 Å². The number of alkyl halides is 1. The molecule has 15 heavy (non-hydrogen) atoms. The zero-order valence-corrected chi connectivity index (χ0v) is 11.1. The van der Waals surface area contributed by atoms with Gasteiger partial charge in [-0.3, -0.25) is 0 Å². The average molecular weight is 303 g/mol. The van der Waals surface area contributed by atoms with E-state index in [-0.39, 0.29) is 0 Å². The monoisotopic (exact) mass is 301 g/mol. The molecule has 1 heterocycles. The molecule has 1 nitrogen and oxygen atoms in total. The first-order chi connectivity index (χ1) is 7.29. The highest BCUT2D eigenvalue weighted by atomic mass is 79.9. The highest BCUT2D eigenvalue weighted by molar-refractivity contribution is 9.10. The molecule has 0 fully saturated rings. The predicted octanol–water partition coefficient (Wildman–Crippen LogP) is 4.24. The molecule has 4 heteroatoms. The van der Waals surface area contributed by atoms with E-state index in [0.29, 0.717) is 5.88 Å². The van der Waals surface area contributed by atoms with Crippen molar-refractivity contribution in [3.05, 3.63) is 50.4 Å². The molecule has 0 unspecified atom stereocenters. The smallest absolute Gasteiger partial charge is 0.0973 e. The molecule has 0 aliphatic heterocycles. The molecule has 0 saturated heterocycles. The molecule has 1 aromatic heterocycles. The normalized spacial score (nSPS) is 10.5. The summed E-state index contributed by atoms with van der Waals surface area (Å²) in [6, 6.07) is 8.20. The van der Waals surface area contributed by atoms with E-state index in [1.807, 2.05) is 23.6 Å². The van der Waals surface area contributed by atoms with E-state index in [1.54, 1.807) is 11.3 Å². The van der Waals surface area contributed by atoms with Gasteiger partial charge in [0.05, 0.1) is 16.6 Å². The standard InChI is InChI=1S/C11H9BrClNS/c12-10-4-2-1-3-8(10)5-11-14-9(6-13)7-15-11/h1-4,7H,5-6H2. The Morgan fingerprint density at radius 2 is 2.13 bits per heavy atom. The lowest BCUT2D eigenvalue weighted by atomic mass is 10.2. The fraction of sp³-hybridized carbons (Fsp3) is 0.182. The van der Waals surface area contributed by atoms with Crippen LogP contribution >= 0.6 is 38.9 Å². The van der Waals surface area contributed by atoms with Crippen LogP contribution in [0.25, 0.3) is 0 Å². The quantitative estimate of drug-likeness (QED) is 0.773. The Labute approximate surface area is 106 Å². The fourth-order valence-electron chi connectivity index (χ4n) is 1.30. The van der Waals surface area contributed by atoms with Gasteiger partial charge in [0.15, 0.2) is 0 Å². The number of nitrogens with zero attached hydrogens (tertiary/aromatic N) is 1. The summed E-state index contributed by atoms with van der Waals surface area (Å²) in [6.45, 7) is 0. The second-order valence-electron chi connectivity index (χ2n) is 3.13. The van der Waals surface area contributed by atoms with Gasteiger partial charge >= 0.3 is 0 Å². The Morgan fingerprint density at radius 3 is 2.80 bits per heavy atom. The number of rotatable bonds is 3. The van der Waals surface area contributed by atoms with Crippen molar-refractivity contribution in [3.63, 3.8) is 0 Å². The number of hydrogen-bond acceptors (Lipinski definition) is 2. The maximum Gasteiger partial charge on any atom is 0.0973 e. The van der Waals surface area contributed by atoms with Crippen molar-refractivity contribution in [2.45, 2.75) is 12.3 Å². The Kier molecular flexibility index (Phi) is 3.78. The SMILES string of the molecule is ClCc1csc(Cc2ccccc2Br)n1. The van der Waals surface area contributed by atoms with Gasteiger partial charge in [-0.05, 0) is 11.6 Å². The molecular weight excluding hydrogens is 294 g/mol. The number of aromatic nitrogens is 1. The Morgan fingerprint density at radius 1 is 1.33 bits per heavy atom. The zero-order valence-electron chi connectivity index (χ0n) is 7.91. The zero-order chi connectivity index (χ0) is 10.7. The minimum Gasteiger partial charge on any atom is -0.245 e. The number of hydrogen-bond donors (Lipinski definition) is 0. The molecule has 0 spiro atoms. The van der Waals surface area contributed by atoms with Crippen LogP contribution in [0, 0.1) is 0 Å². The molecule has 0 amide bonds. The molecule has 2 rings (SSSR count). The van der Waals surface area contributed by atoms with Gasteiger partial charge in [0.1, 0.15) is 0 Å². The van der Waals surface area contributed by atoms with Crippen molar-refractivity contribution in [2.24, 2.45) is 0 Å². The lowest BCUT2D eigenvalue weighted by Gasteiger charge is -2.00. The topological polar surface area (TPSA) is 12.9 Å². The lowest BCUT2D eigenvalue weighted by molar-refractivity contribution is 1.09. The van der Waals surface area contributed by atoms with E-state index in [2.05, 4.69) is 27.0 Å². The number of thiazole rings is 1. The van der Waals surface area contributed by atoms with Gasteiger partial charge in [-0.25, -0.2) is 4.98 Å². The third-order valence-corrected chi connectivity index (χ3v) is 3.98. The van der Waals surface area contributed by atoms with Gasteiger partial charge in [-0.2, -0.15) is 0 Å².